The largest absolute Gasteiger partial charge is 0.481 e. The molecule has 0 spiro atoms. The van der Waals surface area contributed by atoms with E-state index in [0.717, 1.165) is 5.69 Å². The second-order valence-electron chi connectivity index (χ2n) is 3.49. The van der Waals surface area contributed by atoms with Gasteiger partial charge in [-0.25, -0.2) is 9.37 Å². The molecule has 0 bridgehead atoms. The Morgan fingerprint density at radius 1 is 1.06 bits per heavy atom. The number of rotatable bonds is 2. The van der Waals surface area contributed by atoms with Crippen molar-refractivity contribution in [2.24, 2.45) is 0 Å². The number of methoxy groups -OCH3 is 1. The number of hydrogen-bond donors (Lipinski definition) is 0. The van der Waals surface area contributed by atoms with Crippen molar-refractivity contribution in [2.75, 3.05) is 7.11 Å². The smallest absolute Gasteiger partial charge is 0.221 e. The fourth-order valence-electron chi connectivity index (χ4n) is 1.57. The first-order chi connectivity index (χ1) is 7.72. The van der Waals surface area contributed by atoms with E-state index >= 15 is 0 Å². The van der Waals surface area contributed by atoms with E-state index in [9.17, 15) is 4.39 Å². The van der Waals surface area contributed by atoms with E-state index in [2.05, 4.69) is 4.98 Å². The van der Waals surface area contributed by atoms with Crippen molar-refractivity contribution in [3.05, 3.63) is 47.9 Å². The number of hydrogen-bond acceptors (Lipinski definition) is 2. The van der Waals surface area contributed by atoms with Gasteiger partial charge in [0.2, 0.25) is 5.88 Å². The number of benzene rings is 1. The Bertz CT molecular complexity index is 511. The van der Waals surface area contributed by atoms with Gasteiger partial charge >= 0.3 is 0 Å². The van der Waals surface area contributed by atoms with Gasteiger partial charge in [-0.15, -0.1) is 0 Å². The van der Waals surface area contributed by atoms with Crippen molar-refractivity contribution in [3.63, 3.8) is 0 Å². The first-order valence-corrected chi connectivity index (χ1v) is 4.99. The fourth-order valence-corrected chi connectivity index (χ4v) is 1.57. The summed E-state index contributed by atoms with van der Waals surface area (Å²) >= 11 is 0. The Balaban J connectivity index is 2.60. The lowest BCUT2D eigenvalue weighted by Gasteiger charge is -2.08. The molecule has 0 atom stereocenters. The molecule has 0 amide bonds. The Hall–Kier alpha value is -1.90. The monoisotopic (exact) mass is 217 g/mol. The highest BCUT2D eigenvalue weighted by atomic mass is 19.1. The van der Waals surface area contributed by atoms with Crippen LogP contribution in [0.25, 0.3) is 11.1 Å². The predicted molar refractivity (Wildman–Crippen MR) is 60.9 cm³/mol. The molecule has 0 unspecified atom stereocenters. The van der Waals surface area contributed by atoms with Gasteiger partial charge in [0, 0.05) is 16.8 Å². The Morgan fingerprint density at radius 3 is 2.50 bits per heavy atom. The first kappa shape index (κ1) is 10.6. The zero-order valence-electron chi connectivity index (χ0n) is 9.20. The van der Waals surface area contributed by atoms with Crippen LogP contribution in [-0.2, 0) is 0 Å². The summed E-state index contributed by atoms with van der Waals surface area (Å²) in [5.41, 5.74) is 2.02. The van der Waals surface area contributed by atoms with Crippen LogP contribution in [0.4, 0.5) is 4.39 Å². The van der Waals surface area contributed by atoms with Crippen LogP contribution in [-0.4, -0.2) is 12.1 Å². The maximum Gasteiger partial charge on any atom is 0.221 e. The molecule has 0 radical (unpaired) electrons. The second kappa shape index (κ2) is 4.31. The molecule has 0 N–H and O–H groups in total. The van der Waals surface area contributed by atoms with E-state index < -0.39 is 0 Å². The molecular weight excluding hydrogens is 205 g/mol. The molecule has 0 aliphatic rings. The van der Waals surface area contributed by atoms with Gasteiger partial charge in [0.25, 0.3) is 0 Å². The quantitative estimate of drug-likeness (QED) is 0.770. The predicted octanol–water partition coefficient (Wildman–Crippen LogP) is 3.20. The summed E-state index contributed by atoms with van der Waals surface area (Å²) in [6.45, 7) is 1.87. The summed E-state index contributed by atoms with van der Waals surface area (Å²) < 4.78 is 18.8. The van der Waals surface area contributed by atoms with Crippen molar-refractivity contribution in [3.8, 4) is 17.0 Å². The van der Waals surface area contributed by atoms with Crippen LogP contribution in [0.3, 0.4) is 0 Å². The molecule has 0 aliphatic carbocycles. The molecule has 0 aliphatic heterocycles. The van der Waals surface area contributed by atoms with Crippen molar-refractivity contribution in [1.29, 1.82) is 0 Å². The molecule has 2 aromatic rings. The van der Waals surface area contributed by atoms with Crippen LogP contribution in [0, 0.1) is 12.7 Å². The van der Waals surface area contributed by atoms with Crippen LogP contribution >= 0.6 is 0 Å². The van der Waals surface area contributed by atoms with Gasteiger partial charge in [0.05, 0.1) is 7.11 Å². The Morgan fingerprint density at radius 2 is 1.81 bits per heavy atom. The molecule has 82 valence electrons. The molecule has 2 rings (SSSR count). The number of halogens is 1. The number of ether oxygens (including phenoxy) is 1. The summed E-state index contributed by atoms with van der Waals surface area (Å²) in [5, 5.41) is 0. The maximum absolute atomic E-state index is 13.6. The molecule has 1 aromatic heterocycles. The summed E-state index contributed by atoms with van der Waals surface area (Å²) in [5.74, 6) is 0.177. The minimum Gasteiger partial charge on any atom is -0.481 e. The van der Waals surface area contributed by atoms with Crippen LogP contribution in [0.2, 0.25) is 0 Å². The number of nitrogens with zero attached hydrogens (tertiary/aromatic N) is 1. The van der Waals surface area contributed by atoms with Crippen LogP contribution in [0.1, 0.15) is 5.69 Å². The number of pyridine rings is 1. The third-order valence-corrected chi connectivity index (χ3v) is 2.36. The normalized spacial score (nSPS) is 10.2. The SMILES string of the molecule is COc1nc(C)ccc1-c1ccccc1F. The summed E-state index contributed by atoms with van der Waals surface area (Å²) in [7, 11) is 1.53. The molecule has 1 aromatic carbocycles. The average Bonchev–Trinajstić information content (AvgIpc) is 2.30. The lowest BCUT2D eigenvalue weighted by Crippen LogP contribution is -1.94. The lowest BCUT2D eigenvalue weighted by molar-refractivity contribution is 0.398. The molecule has 0 saturated carbocycles. The average molecular weight is 217 g/mol. The van der Waals surface area contributed by atoms with Gasteiger partial charge < -0.3 is 4.74 Å². The fraction of sp³-hybridized carbons (Fsp3) is 0.154. The number of aromatic nitrogens is 1. The highest BCUT2D eigenvalue weighted by Gasteiger charge is 2.10. The minimum atomic E-state index is -0.272. The van der Waals surface area contributed by atoms with Crippen LogP contribution in [0.5, 0.6) is 5.88 Å². The van der Waals surface area contributed by atoms with Crippen molar-refractivity contribution in [1.82, 2.24) is 4.98 Å². The second-order valence-corrected chi connectivity index (χ2v) is 3.49. The standard InChI is InChI=1S/C13H12FNO/c1-9-7-8-11(13(15-9)16-2)10-5-3-4-6-12(10)14/h3-8H,1-2H3. The highest BCUT2D eigenvalue weighted by Crippen LogP contribution is 2.29. The molecule has 3 heteroatoms. The van der Waals surface area contributed by atoms with E-state index in [0.29, 0.717) is 17.0 Å². The Kier molecular flexibility index (Phi) is 2.86. The molecule has 2 nitrogen and oxygen atoms in total. The summed E-state index contributed by atoms with van der Waals surface area (Å²) in [6.07, 6.45) is 0. The van der Waals surface area contributed by atoms with Gasteiger partial charge in [0.1, 0.15) is 5.82 Å². The highest BCUT2D eigenvalue weighted by molar-refractivity contribution is 5.69. The lowest BCUT2D eigenvalue weighted by atomic mass is 10.1. The van der Waals surface area contributed by atoms with Crippen LogP contribution < -0.4 is 4.74 Å². The van der Waals surface area contributed by atoms with Gasteiger partial charge in [-0.3, -0.25) is 0 Å². The molecule has 0 fully saturated rings. The minimum absolute atomic E-state index is 0.272. The van der Waals surface area contributed by atoms with E-state index in [1.54, 1.807) is 18.2 Å². The van der Waals surface area contributed by atoms with Gasteiger partial charge in [0.15, 0.2) is 0 Å². The molecular formula is C13H12FNO. The van der Waals surface area contributed by atoms with E-state index in [-0.39, 0.29) is 5.82 Å². The van der Waals surface area contributed by atoms with E-state index in [1.165, 1.54) is 13.2 Å². The zero-order valence-corrected chi connectivity index (χ0v) is 9.20. The van der Waals surface area contributed by atoms with Gasteiger partial charge in [-0.05, 0) is 25.1 Å². The van der Waals surface area contributed by atoms with E-state index in [4.69, 9.17) is 4.74 Å². The van der Waals surface area contributed by atoms with Gasteiger partial charge in [-0.2, -0.15) is 0 Å². The van der Waals surface area contributed by atoms with Gasteiger partial charge in [-0.1, -0.05) is 18.2 Å². The first-order valence-electron chi connectivity index (χ1n) is 4.99. The molecule has 16 heavy (non-hydrogen) atoms. The van der Waals surface area contributed by atoms with Crippen LogP contribution in [0.15, 0.2) is 36.4 Å². The Labute approximate surface area is 93.7 Å². The summed E-state index contributed by atoms with van der Waals surface area (Å²) in [4.78, 5) is 4.22. The summed E-state index contributed by atoms with van der Waals surface area (Å²) in [6, 6.07) is 10.2. The third-order valence-electron chi connectivity index (χ3n) is 2.36. The van der Waals surface area contributed by atoms with Crippen molar-refractivity contribution >= 4 is 0 Å². The van der Waals surface area contributed by atoms with Crippen molar-refractivity contribution < 1.29 is 9.13 Å². The molecule has 1 heterocycles. The topological polar surface area (TPSA) is 22.1 Å². The van der Waals surface area contributed by atoms with Crippen molar-refractivity contribution in [2.45, 2.75) is 6.92 Å². The maximum atomic E-state index is 13.6. The van der Waals surface area contributed by atoms with E-state index in [1.807, 2.05) is 19.1 Å². The number of aryl methyl sites for hydroxylation is 1. The third kappa shape index (κ3) is 1.89. The zero-order chi connectivity index (χ0) is 11.5. The molecule has 0 saturated heterocycles.